The maximum Gasteiger partial charge on any atom is 0.263 e. The van der Waals surface area contributed by atoms with Crippen molar-refractivity contribution in [2.75, 3.05) is 12.4 Å². The van der Waals surface area contributed by atoms with Gasteiger partial charge in [-0.15, -0.1) is 17.9 Å². The fourth-order valence-electron chi connectivity index (χ4n) is 3.63. The van der Waals surface area contributed by atoms with Crippen LogP contribution in [0.5, 0.6) is 5.75 Å². The average molecular weight is 442 g/mol. The number of amides is 1. The number of nitrogens with one attached hydrogen (secondary N) is 1. The van der Waals surface area contributed by atoms with E-state index >= 15 is 0 Å². The molecule has 1 aliphatic carbocycles. The van der Waals surface area contributed by atoms with Gasteiger partial charge in [-0.1, -0.05) is 30.0 Å². The van der Waals surface area contributed by atoms with Gasteiger partial charge in [-0.3, -0.25) is 14.2 Å². The summed E-state index contributed by atoms with van der Waals surface area (Å²) in [4.78, 5) is 32.8. The molecule has 0 radical (unpaired) electrons. The number of carbonyl (C=O) groups is 1. The highest BCUT2D eigenvalue weighted by Crippen LogP contribution is 2.36. The summed E-state index contributed by atoms with van der Waals surface area (Å²) in [5.74, 6) is 0.414. The number of hydrogen-bond acceptors (Lipinski definition) is 6. The largest absolute Gasteiger partial charge is 0.495 e. The van der Waals surface area contributed by atoms with E-state index in [4.69, 9.17) is 9.72 Å². The topological polar surface area (TPSA) is 73.2 Å². The summed E-state index contributed by atoms with van der Waals surface area (Å²) in [6.45, 7) is 5.94. The molecule has 1 N–H and O–H groups in total. The molecular formula is C22H23N3O3S2. The van der Waals surface area contributed by atoms with Crippen LogP contribution in [-0.4, -0.2) is 27.8 Å². The SMILES string of the molecule is C=CCn1c(S[C@H](C)C(=O)Nc2ccccc2OC)nc2sc3c(c2c1=O)CCC3. The van der Waals surface area contributed by atoms with Gasteiger partial charge >= 0.3 is 0 Å². The summed E-state index contributed by atoms with van der Waals surface area (Å²) < 4.78 is 6.92. The molecule has 1 aliphatic rings. The Morgan fingerprint density at radius 2 is 2.23 bits per heavy atom. The number of aromatic nitrogens is 2. The summed E-state index contributed by atoms with van der Waals surface area (Å²) in [6.07, 6.45) is 4.72. The quantitative estimate of drug-likeness (QED) is 0.337. The van der Waals surface area contributed by atoms with Gasteiger partial charge in [0.1, 0.15) is 10.6 Å². The second-order valence-electron chi connectivity index (χ2n) is 7.09. The molecule has 156 valence electrons. The number of anilines is 1. The Labute approximate surface area is 183 Å². The maximum atomic E-state index is 13.2. The Bertz CT molecular complexity index is 1180. The van der Waals surface area contributed by atoms with Crippen molar-refractivity contribution in [3.63, 3.8) is 0 Å². The van der Waals surface area contributed by atoms with E-state index < -0.39 is 5.25 Å². The van der Waals surface area contributed by atoms with Crippen LogP contribution in [0, 0.1) is 0 Å². The summed E-state index contributed by atoms with van der Waals surface area (Å²) >= 11 is 2.88. The van der Waals surface area contributed by atoms with Crippen LogP contribution in [0.15, 0.2) is 46.9 Å². The Balaban J connectivity index is 1.64. The number of nitrogens with zero attached hydrogens (tertiary/aromatic N) is 2. The smallest absolute Gasteiger partial charge is 0.263 e. The van der Waals surface area contributed by atoms with Crippen molar-refractivity contribution in [3.05, 3.63) is 57.7 Å². The van der Waals surface area contributed by atoms with Gasteiger partial charge < -0.3 is 10.1 Å². The van der Waals surface area contributed by atoms with E-state index in [0.717, 1.165) is 35.0 Å². The number of fused-ring (bicyclic) bond motifs is 3. The van der Waals surface area contributed by atoms with E-state index in [2.05, 4.69) is 11.9 Å². The van der Waals surface area contributed by atoms with Crippen LogP contribution in [0.25, 0.3) is 10.2 Å². The zero-order valence-corrected chi connectivity index (χ0v) is 18.6. The second kappa shape index (κ2) is 8.65. The number of methoxy groups -OCH3 is 1. The molecule has 6 nitrogen and oxygen atoms in total. The lowest BCUT2D eigenvalue weighted by Gasteiger charge is -2.16. The van der Waals surface area contributed by atoms with Crippen LogP contribution in [0.4, 0.5) is 5.69 Å². The highest BCUT2D eigenvalue weighted by molar-refractivity contribution is 8.00. The molecule has 0 fully saturated rings. The van der Waals surface area contributed by atoms with Gasteiger partial charge in [0.15, 0.2) is 5.16 Å². The van der Waals surface area contributed by atoms with E-state index in [9.17, 15) is 9.59 Å². The number of thioether (sulfide) groups is 1. The molecule has 0 saturated heterocycles. The summed E-state index contributed by atoms with van der Waals surface area (Å²) in [7, 11) is 1.56. The number of thiophene rings is 1. The van der Waals surface area contributed by atoms with Crippen LogP contribution in [0.2, 0.25) is 0 Å². The summed E-state index contributed by atoms with van der Waals surface area (Å²) in [5.41, 5.74) is 1.72. The summed E-state index contributed by atoms with van der Waals surface area (Å²) in [5, 5.41) is 3.72. The monoisotopic (exact) mass is 441 g/mol. The average Bonchev–Trinajstić information content (AvgIpc) is 3.32. The lowest BCUT2D eigenvalue weighted by atomic mass is 10.2. The minimum atomic E-state index is -0.456. The van der Waals surface area contributed by atoms with E-state index in [0.29, 0.717) is 23.1 Å². The first-order valence-electron chi connectivity index (χ1n) is 9.80. The fraction of sp³-hybridized carbons (Fsp3) is 0.318. The number of hydrogen-bond donors (Lipinski definition) is 1. The van der Waals surface area contributed by atoms with Gasteiger partial charge in [-0.2, -0.15) is 0 Å². The highest BCUT2D eigenvalue weighted by Gasteiger charge is 2.25. The van der Waals surface area contributed by atoms with Crippen molar-refractivity contribution in [2.45, 2.75) is 43.1 Å². The first kappa shape index (κ1) is 20.7. The second-order valence-corrected chi connectivity index (χ2v) is 9.48. The molecule has 0 saturated carbocycles. The number of ether oxygens (including phenoxy) is 1. The van der Waals surface area contributed by atoms with Gasteiger partial charge in [-0.25, -0.2) is 4.98 Å². The van der Waals surface area contributed by atoms with Crippen molar-refractivity contribution < 1.29 is 9.53 Å². The van der Waals surface area contributed by atoms with Crippen molar-refractivity contribution in [1.82, 2.24) is 9.55 Å². The predicted octanol–water partition coefficient (Wildman–Crippen LogP) is 4.26. The van der Waals surface area contributed by atoms with Crippen molar-refractivity contribution >= 4 is 44.9 Å². The Morgan fingerprint density at radius 3 is 3.00 bits per heavy atom. The molecule has 8 heteroatoms. The van der Waals surface area contributed by atoms with Crippen LogP contribution in [-0.2, 0) is 24.2 Å². The molecular weight excluding hydrogens is 418 g/mol. The first-order chi connectivity index (χ1) is 14.5. The number of allylic oxidation sites excluding steroid dienone is 1. The molecule has 0 bridgehead atoms. The van der Waals surface area contributed by atoms with E-state index in [1.807, 2.05) is 12.1 Å². The number of benzene rings is 1. The molecule has 0 aliphatic heterocycles. The van der Waals surface area contributed by atoms with Crippen molar-refractivity contribution in [3.8, 4) is 5.75 Å². The Kier molecular flexibility index (Phi) is 5.97. The predicted molar refractivity (Wildman–Crippen MR) is 123 cm³/mol. The molecule has 1 aromatic carbocycles. The fourth-order valence-corrected chi connectivity index (χ4v) is 5.85. The minimum absolute atomic E-state index is 0.0425. The molecule has 0 unspecified atom stereocenters. The van der Waals surface area contributed by atoms with Crippen LogP contribution >= 0.6 is 23.1 Å². The lowest BCUT2D eigenvalue weighted by Crippen LogP contribution is -2.27. The van der Waals surface area contributed by atoms with Gasteiger partial charge in [0.2, 0.25) is 5.91 Å². The zero-order valence-electron chi connectivity index (χ0n) is 16.9. The number of para-hydroxylation sites is 2. The van der Waals surface area contributed by atoms with Crippen LogP contribution in [0.3, 0.4) is 0 Å². The molecule has 1 atom stereocenters. The van der Waals surface area contributed by atoms with Crippen molar-refractivity contribution in [2.24, 2.45) is 0 Å². The molecule has 1 amide bonds. The zero-order chi connectivity index (χ0) is 21.3. The van der Waals surface area contributed by atoms with Gasteiger partial charge in [0.05, 0.1) is 23.4 Å². The van der Waals surface area contributed by atoms with Gasteiger partial charge in [0, 0.05) is 11.4 Å². The molecule has 2 aromatic heterocycles. The van der Waals surface area contributed by atoms with Crippen molar-refractivity contribution in [1.29, 1.82) is 0 Å². The van der Waals surface area contributed by atoms with Crippen LogP contribution in [0.1, 0.15) is 23.8 Å². The Morgan fingerprint density at radius 1 is 1.43 bits per heavy atom. The summed E-state index contributed by atoms with van der Waals surface area (Å²) in [6, 6.07) is 7.27. The third kappa shape index (κ3) is 3.77. The molecule has 30 heavy (non-hydrogen) atoms. The number of carbonyl (C=O) groups excluding carboxylic acids is 1. The number of rotatable bonds is 7. The molecule has 4 rings (SSSR count). The van der Waals surface area contributed by atoms with E-state index in [1.54, 1.807) is 48.1 Å². The first-order valence-corrected chi connectivity index (χ1v) is 11.5. The Hall–Kier alpha value is -2.58. The minimum Gasteiger partial charge on any atom is -0.495 e. The maximum absolute atomic E-state index is 13.2. The highest BCUT2D eigenvalue weighted by atomic mass is 32.2. The van der Waals surface area contributed by atoms with Gasteiger partial charge in [-0.05, 0) is 43.9 Å². The molecule has 3 aromatic rings. The van der Waals surface area contributed by atoms with E-state index in [-0.39, 0.29) is 11.5 Å². The lowest BCUT2D eigenvalue weighted by molar-refractivity contribution is -0.115. The van der Waals surface area contributed by atoms with Crippen LogP contribution < -0.4 is 15.6 Å². The number of aryl methyl sites for hydroxylation is 2. The normalized spacial score (nSPS) is 13.8. The third-order valence-electron chi connectivity index (χ3n) is 5.12. The third-order valence-corrected chi connectivity index (χ3v) is 7.39. The molecule has 2 heterocycles. The van der Waals surface area contributed by atoms with Gasteiger partial charge in [0.25, 0.3) is 5.56 Å². The standard InChI is InChI=1S/C22H23N3O3S2/c1-4-12-25-21(27)18-14-8-7-11-17(14)30-20(18)24-22(25)29-13(2)19(26)23-15-9-5-6-10-16(15)28-3/h4-6,9-10,13H,1,7-8,11-12H2,2-3H3,(H,23,26)/t13-/m1/s1. The molecule has 0 spiro atoms. The van der Waals surface area contributed by atoms with E-state index in [1.165, 1.54) is 16.6 Å².